The molecule has 62 heavy (non-hydrogen) atoms. The number of benzene rings is 6. The van der Waals surface area contributed by atoms with Gasteiger partial charge in [-0.15, -0.1) is 0 Å². The molecule has 2 heterocycles. The molecule has 0 aliphatic carbocycles. The van der Waals surface area contributed by atoms with Gasteiger partial charge in [-0.2, -0.15) is 0 Å². The van der Waals surface area contributed by atoms with Crippen LogP contribution in [0.5, 0.6) is 5.75 Å². The van der Waals surface area contributed by atoms with Crippen molar-refractivity contribution in [1.82, 2.24) is 14.5 Å². The molecule has 0 unspecified atom stereocenters. The quantitative estimate of drug-likeness (QED) is 0.182. The Hall–Kier alpha value is -6.26. The molecule has 2 aromatic heterocycles. The predicted molar refractivity (Wildman–Crippen MR) is 263 cm³/mol. The van der Waals surface area contributed by atoms with Gasteiger partial charge in [0.1, 0.15) is 11.6 Å². The van der Waals surface area contributed by atoms with Gasteiger partial charge in [0.05, 0.1) is 34.8 Å². The van der Waals surface area contributed by atoms with Crippen LogP contribution in [-0.4, -0.2) is 19.6 Å². The number of phenolic OH excluding ortho intramolecular Hbond substituents is 1. The molecule has 1 N–H and O–H groups in total. The molecule has 0 saturated carbocycles. The van der Waals surface area contributed by atoms with E-state index in [9.17, 15) is 5.11 Å². The Labute approximate surface area is 384 Å². The monoisotopic (exact) mass is 827 g/mol. The van der Waals surface area contributed by atoms with Crippen molar-refractivity contribution in [3.8, 4) is 67.5 Å². The number of hydrogen-bond donors (Lipinski definition) is 1. The number of aromatic nitrogens is 3. The molecular weight excluding hydrogens is 755 g/mol. The highest BCUT2D eigenvalue weighted by Gasteiger charge is 2.30. The number of aromatic hydroxyl groups is 1. The number of imidazole rings is 1. The van der Waals surface area contributed by atoms with Crippen LogP contribution >= 0.6 is 0 Å². The van der Waals surface area contributed by atoms with Crippen molar-refractivity contribution in [2.75, 3.05) is 0 Å². The van der Waals surface area contributed by atoms with E-state index in [0.717, 1.165) is 27.8 Å². The van der Waals surface area contributed by atoms with Gasteiger partial charge in [-0.25, -0.2) is 4.98 Å². The van der Waals surface area contributed by atoms with Crippen LogP contribution in [0.2, 0.25) is 0 Å². The second-order valence-corrected chi connectivity index (χ2v) is 19.6. The van der Waals surface area contributed by atoms with Crippen LogP contribution in [0.4, 0.5) is 0 Å². The maximum Gasteiger partial charge on any atom is 0.149 e. The highest BCUT2D eigenvalue weighted by atomic mass is 16.3. The molecule has 0 fully saturated rings. The minimum absolute atomic E-state index is 0.0649. The number of rotatable bonds is 6. The highest BCUT2D eigenvalue weighted by molar-refractivity contribution is 5.98. The van der Waals surface area contributed by atoms with Gasteiger partial charge in [0.25, 0.3) is 0 Å². The minimum atomic E-state index is -3.07. The molecule has 6 aromatic carbocycles. The van der Waals surface area contributed by atoms with Crippen LogP contribution in [0, 0.1) is 0 Å². The summed E-state index contributed by atoms with van der Waals surface area (Å²) in [5.41, 5.74) is 5.58. The molecule has 8 rings (SSSR count). The van der Waals surface area contributed by atoms with E-state index >= 15 is 0 Å². The summed E-state index contributed by atoms with van der Waals surface area (Å²) >= 11 is 0. The third-order valence-electron chi connectivity index (χ3n) is 11.6. The van der Waals surface area contributed by atoms with E-state index in [0.29, 0.717) is 44.7 Å². The summed E-state index contributed by atoms with van der Waals surface area (Å²) in [7, 11) is 0. The third-order valence-corrected chi connectivity index (χ3v) is 11.6. The molecule has 0 bridgehead atoms. The average Bonchev–Trinajstić information content (AvgIpc) is 3.70. The van der Waals surface area contributed by atoms with Gasteiger partial charge in [0, 0.05) is 36.7 Å². The van der Waals surface area contributed by atoms with E-state index in [4.69, 9.17) is 25.0 Å². The Kier molecular flexibility index (Phi) is 7.72. The van der Waals surface area contributed by atoms with Crippen molar-refractivity contribution in [2.24, 2.45) is 0 Å². The van der Waals surface area contributed by atoms with E-state index in [2.05, 4.69) is 59.7 Å². The van der Waals surface area contributed by atoms with Crippen molar-refractivity contribution in [1.29, 1.82) is 0 Å². The number of phenols is 1. The van der Waals surface area contributed by atoms with Crippen LogP contribution < -0.4 is 0 Å². The summed E-state index contributed by atoms with van der Waals surface area (Å²) in [4.78, 5) is 10.2. The van der Waals surface area contributed by atoms with Gasteiger partial charge in [0.15, 0.2) is 0 Å². The van der Waals surface area contributed by atoms with Crippen molar-refractivity contribution in [3.05, 3.63) is 168 Å². The molecule has 4 nitrogen and oxygen atoms in total. The van der Waals surface area contributed by atoms with E-state index in [1.807, 2.05) is 92.1 Å². The SMILES string of the molecule is [2H]c1c([2H])c([2H])c(-c2ccnc(-c3cc(-c4cccc5c4nc(-c4cc(C(C)(C)C)cc(C(C)(C([2H])([2H])[2H])C([2H])([2H])[2H])c4O)n5-c4ccc(C(C)(C)C)cc4-c4ccccc4)cc(C(C)(C)C)c3)c2)c([2H])c1[2H]. The summed E-state index contributed by atoms with van der Waals surface area (Å²) in [6.07, 6.45) is 1.56. The Morgan fingerprint density at radius 3 is 1.87 bits per heavy atom. The zero-order valence-corrected chi connectivity index (χ0v) is 37.3. The summed E-state index contributed by atoms with van der Waals surface area (Å²) in [5, 5.41) is 12.8. The summed E-state index contributed by atoms with van der Waals surface area (Å²) < 4.78 is 96.5. The lowest BCUT2D eigenvalue weighted by Crippen LogP contribution is -2.17. The average molecular weight is 827 g/mol. The van der Waals surface area contributed by atoms with Gasteiger partial charge < -0.3 is 5.11 Å². The third kappa shape index (κ3) is 8.23. The Bertz CT molecular complexity index is 3420. The number of pyridine rings is 1. The molecule has 0 atom stereocenters. The summed E-state index contributed by atoms with van der Waals surface area (Å²) in [6.45, 7) is 13.6. The summed E-state index contributed by atoms with van der Waals surface area (Å²) in [5.74, 6) is -0.248. The Morgan fingerprint density at radius 2 is 1.19 bits per heavy atom. The number of para-hydroxylation sites is 1. The maximum atomic E-state index is 12.8. The van der Waals surface area contributed by atoms with Crippen molar-refractivity contribution in [3.63, 3.8) is 0 Å². The van der Waals surface area contributed by atoms with Crippen molar-refractivity contribution in [2.45, 2.75) is 105 Å². The minimum Gasteiger partial charge on any atom is -0.507 e. The lowest BCUT2D eigenvalue weighted by molar-refractivity contribution is 0.446. The van der Waals surface area contributed by atoms with E-state index in [1.165, 1.54) is 13.0 Å². The van der Waals surface area contributed by atoms with Crippen molar-refractivity contribution < 1.29 is 20.2 Å². The topological polar surface area (TPSA) is 50.9 Å². The zero-order valence-electron chi connectivity index (χ0n) is 48.3. The van der Waals surface area contributed by atoms with Gasteiger partial charge in [-0.1, -0.05) is 174 Å². The smallest absolute Gasteiger partial charge is 0.149 e. The largest absolute Gasteiger partial charge is 0.507 e. The lowest BCUT2D eigenvalue weighted by Gasteiger charge is -2.28. The first-order chi connectivity index (χ1) is 33.8. The Balaban J connectivity index is 1.50. The summed E-state index contributed by atoms with van der Waals surface area (Å²) in [6, 6.07) is 32.9. The molecule has 0 saturated heterocycles. The van der Waals surface area contributed by atoms with Gasteiger partial charge in [0.2, 0.25) is 0 Å². The molecule has 8 aromatic rings. The second-order valence-electron chi connectivity index (χ2n) is 19.6. The number of nitrogens with zero attached hydrogens (tertiary/aromatic N) is 3. The van der Waals surface area contributed by atoms with Gasteiger partial charge in [-0.05, 0) is 109 Å². The highest BCUT2D eigenvalue weighted by Crippen LogP contribution is 2.46. The zero-order chi connectivity index (χ0) is 53.7. The second kappa shape index (κ2) is 15.6. The van der Waals surface area contributed by atoms with Crippen molar-refractivity contribution >= 4 is 11.0 Å². The fourth-order valence-electron chi connectivity index (χ4n) is 7.92. The normalized spacial score (nSPS) is 15.5. The first-order valence-electron chi connectivity index (χ1n) is 26.6. The van der Waals surface area contributed by atoms with Crippen LogP contribution in [-0.2, 0) is 21.7 Å². The van der Waals surface area contributed by atoms with Crippen LogP contribution in [0.15, 0.2) is 146 Å². The Morgan fingerprint density at radius 1 is 0.532 bits per heavy atom. The standard InChI is InChI=1S/C58H61N3O/c1-55(2,3)42-26-27-50(46(34-42)38-22-17-14-18-23-38)61-51-25-19-24-45(52(51)60-54(61)47-35-44(57(7,8)9)36-48(53(47)62)58(10,11)12)40-30-41(32-43(31-40)56(4,5)6)49-33-39(28-29-59-49)37-20-15-13-16-21-37/h13-36,62H,1-12H3/i10D3,11D3,13D,15D,16D,20D,21D. The van der Waals surface area contributed by atoms with Crippen LogP contribution in [0.25, 0.3) is 72.7 Å². The molecule has 314 valence electrons. The predicted octanol–water partition coefficient (Wildman–Crippen LogP) is 15.7. The lowest BCUT2D eigenvalue weighted by atomic mass is 9.79. The van der Waals surface area contributed by atoms with E-state index in [1.54, 1.807) is 24.4 Å². The first kappa shape index (κ1) is 30.7. The fraction of sp³-hybridized carbons (Fsp3) is 0.276. The molecule has 0 amide bonds. The molecular formula is C58H61N3O. The number of hydrogen-bond acceptors (Lipinski definition) is 3. The molecule has 0 aliphatic rings. The van der Waals surface area contributed by atoms with Crippen LogP contribution in [0.1, 0.15) is 120 Å². The molecule has 0 radical (unpaired) electrons. The molecule has 4 heteroatoms. The van der Waals surface area contributed by atoms with Gasteiger partial charge in [-0.3, -0.25) is 9.55 Å². The van der Waals surface area contributed by atoms with E-state index < -0.39 is 48.4 Å². The maximum absolute atomic E-state index is 12.8. The molecule has 0 spiro atoms. The van der Waals surface area contributed by atoms with Crippen LogP contribution in [0.3, 0.4) is 0 Å². The van der Waals surface area contributed by atoms with Gasteiger partial charge >= 0.3 is 0 Å². The first-order valence-corrected chi connectivity index (χ1v) is 21.1. The number of fused-ring (bicyclic) bond motifs is 1. The molecule has 0 aliphatic heterocycles. The van der Waals surface area contributed by atoms with E-state index in [-0.39, 0.29) is 45.4 Å². The fourth-order valence-corrected chi connectivity index (χ4v) is 7.92.